The van der Waals surface area contributed by atoms with Crippen LogP contribution in [0, 0.1) is 0 Å². The Morgan fingerprint density at radius 3 is 2.45 bits per heavy atom. The van der Waals surface area contributed by atoms with Gasteiger partial charge in [0, 0.05) is 0 Å². The third-order valence-corrected chi connectivity index (χ3v) is 4.83. The fourth-order valence-corrected chi connectivity index (χ4v) is 3.15. The molecule has 4 heteroatoms. The standard InChI is InChI=1S/C25H28N2O2/c1-3-4-6-15-24(21-12-7-5-8-13-21)26-27-25(28)19(2)29-23-17-16-20-11-9-10-14-22(20)18-23/h5,7-14,16-19H,3-4,6,15H2,1-2H3,(H,27,28)/b26-24+/t19-/m1/s1. The number of hydrogen-bond donors (Lipinski definition) is 1. The van der Waals surface area contributed by atoms with Crippen LogP contribution >= 0.6 is 0 Å². The molecule has 1 amide bonds. The number of carbonyl (C=O) groups excluding carboxylic acids is 1. The molecular formula is C25H28N2O2. The Labute approximate surface area is 172 Å². The molecule has 0 fully saturated rings. The van der Waals surface area contributed by atoms with E-state index in [0.717, 1.165) is 47.7 Å². The maximum Gasteiger partial charge on any atom is 0.280 e. The highest BCUT2D eigenvalue weighted by atomic mass is 16.5. The summed E-state index contributed by atoms with van der Waals surface area (Å²) in [5.41, 5.74) is 4.62. The van der Waals surface area contributed by atoms with Crippen LogP contribution in [0.5, 0.6) is 5.75 Å². The number of amides is 1. The van der Waals surface area contributed by atoms with Gasteiger partial charge in [-0.05, 0) is 48.2 Å². The molecule has 0 aromatic heterocycles. The van der Waals surface area contributed by atoms with Crippen LogP contribution in [0.3, 0.4) is 0 Å². The van der Waals surface area contributed by atoms with Crippen molar-refractivity contribution in [2.45, 2.75) is 45.6 Å². The first-order chi connectivity index (χ1) is 14.2. The van der Waals surface area contributed by atoms with Crippen LogP contribution in [0.2, 0.25) is 0 Å². The summed E-state index contributed by atoms with van der Waals surface area (Å²) in [5.74, 6) is 0.406. The van der Waals surface area contributed by atoms with Crippen LogP contribution in [0.1, 0.15) is 45.1 Å². The van der Waals surface area contributed by atoms with E-state index in [4.69, 9.17) is 4.74 Å². The van der Waals surface area contributed by atoms with Gasteiger partial charge in [-0.15, -0.1) is 0 Å². The van der Waals surface area contributed by atoms with Gasteiger partial charge in [-0.2, -0.15) is 5.10 Å². The van der Waals surface area contributed by atoms with Crippen molar-refractivity contribution in [1.82, 2.24) is 5.43 Å². The Morgan fingerprint density at radius 2 is 1.69 bits per heavy atom. The van der Waals surface area contributed by atoms with Crippen molar-refractivity contribution in [3.8, 4) is 5.75 Å². The highest BCUT2D eigenvalue weighted by Crippen LogP contribution is 2.21. The molecule has 0 aliphatic heterocycles. The smallest absolute Gasteiger partial charge is 0.280 e. The molecule has 29 heavy (non-hydrogen) atoms. The summed E-state index contributed by atoms with van der Waals surface area (Å²) in [6.45, 7) is 3.91. The van der Waals surface area contributed by atoms with Crippen molar-refractivity contribution in [2.75, 3.05) is 0 Å². The minimum Gasteiger partial charge on any atom is -0.481 e. The van der Waals surface area contributed by atoms with E-state index in [1.54, 1.807) is 6.92 Å². The van der Waals surface area contributed by atoms with Crippen LogP contribution in [0.25, 0.3) is 10.8 Å². The second kappa shape index (κ2) is 10.4. The van der Waals surface area contributed by atoms with Crippen molar-refractivity contribution in [1.29, 1.82) is 0 Å². The number of fused-ring (bicyclic) bond motifs is 1. The lowest BCUT2D eigenvalue weighted by molar-refractivity contribution is -0.127. The first-order valence-corrected chi connectivity index (χ1v) is 10.2. The maximum atomic E-state index is 12.5. The zero-order valence-electron chi connectivity index (χ0n) is 17.1. The van der Waals surface area contributed by atoms with Crippen molar-refractivity contribution < 1.29 is 9.53 Å². The van der Waals surface area contributed by atoms with E-state index in [1.807, 2.05) is 72.8 Å². The molecule has 4 nitrogen and oxygen atoms in total. The first kappa shape index (κ1) is 20.6. The van der Waals surface area contributed by atoms with E-state index < -0.39 is 6.10 Å². The van der Waals surface area contributed by atoms with Gasteiger partial charge < -0.3 is 4.74 Å². The fourth-order valence-electron chi connectivity index (χ4n) is 3.15. The summed E-state index contributed by atoms with van der Waals surface area (Å²) in [7, 11) is 0. The lowest BCUT2D eigenvalue weighted by Crippen LogP contribution is -2.34. The number of carbonyl (C=O) groups is 1. The average Bonchev–Trinajstić information content (AvgIpc) is 2.76. The quantitative estimate of drug-likeness (QED) is 0.290. The van der Waals surface area contributed by atoms with Crippen molar-refractivity contribution in [3.05, 3.63) is 78.4 Å². The van der Waals surface area contributed by atoms with Gasteiger partial charge in [0.05, 0.1) is 5.71 Å². The third kappa shape index (κ3) is 5.92. The van der Waals surface area contributed by atoms with Gasteiger partial charge >= 0.3 is 0 Å². The van der Waals surface area contributed by atoms with E-state index in [2.05, 4.69) is 17.5 Å². The van der Waals surface area contributed by atoms with Crippen LogP contribution < -0.4 is 10.2 Å². The van der Waals surface area contributed by atoms with Gasteiger partial charge in [0.25, 0.3) is 5.91 Å². The summed E-state index contributed by atoms with van der Waals surface area (Å²) >= 11 is 0. The van der Waals surface area contributed by atoms with Crippen LogP contribution in [-0.2, 0) is 4.79 Å². The van der Waals surface area contributed by atoms with E-state index in [0.29, 0.717) is 5.75 Å². The van der Waals surface area contributed by atoms with Gasteiger partial charge in [-0.1, -0.05) is 80.4 Å². The van der Waals surface area contributed by atoms with Crippen molar-refractivity contribution in [2.24, 2.45) is 5.10 Å². The number of hydrazone groups is 1. The summed E-state index contributed by atoms with van der Waals surface area (Å²) in [6, 6.07) is 23.9. The first-order valence-electron chi connectivity index (χ1n) is 10.2. The van der Waals surface area contributed by atoms with E-state index in [-0.39, 0.29) is 5.91 Å². The highest BCUT2D eigenvalue weighted by Gasteiger charge is 2.15. The Balaban J connectivity index is 1.65. The predicted octanol–water partition coefficient (Wildman–Crippen LogP) is 5.71. The Kier molecular flexibility index (Phi) is 7.40. The monoisotopic (exact) mass is 388 g/mol. The molecule has 0 bridgehead atoms. The minimum absolute atomic E-state index is 0.262. The molecule has 3 aromatic rings. The average molecular weight is 389 g/mol. The molecule has 0 saturated heterocycles. The van der Waals surface area contributed by atoms with Crippen LogP contribution in [0.4, 0.5) is 0 Å². The van der Waals surface area contributed by atoms with Crippen LogP contribution in [0.15, 0.2) is 77.9 Å². The summed E-state index contributed by atoms with van der Waals surface area (Å²) < 4.78 is 5.84. The number of benzene rings is 3. The van der Waals surface area contributed by atoms with Gasteiger partial charge in [0.15, 0.2) is 6.10 Å². The lowest BCUT2D eigenvalue weighted by Gasteiger charge is -2.14. The van der Waals surface area contributed by atoms with Gasteiger partial charge in [-0.25, -0.2) is 5.43 Å². The second-order valence-electron chi connectivity index (χ2n) is 7.13. The van der Waals surface area contributed by atoms with Gasteiger partial charge in [-0.3, -0.25) is 4.79 Å². The number of unbranched alkanes of at least 4 members (excludes halogenated alkanes) is 2. The van der Waals surface area contributed by atoms with E-state index in [9.17, 15) is 4.79 Å². The SMILES string of the molecule is CCCCC/C(=N\NC(=O)[C@@H](C)Oc1ccc2ccccc2c1)c1ccccc1. The topological polar surface area (TPSA) is 50.7 Å². The molecular weight excluding hydrogens is 360 g/mol. The third-order valence-electron chi connectivity index (χ3n) is 4.83. The molecule has 3 aromatic carbocycles. The molecule has 0 radical (unpaired) electrons. The molecule has 0 heterocycles. The second-order valence-corrected chi connectivity index (χ2v) is 7.13. The highest BCUT2D eigenvalue weighted by molar-refractivity contribution is 6.01. The largest absolute Gasteiger partial charge is 0.481 e. The lowest BCUT2D eigenvalue weighted by atomic mass is 10.0. The molecule has 0 unspecified atom stereocenters. The molecule has 0 spiro atoms. The minimum atomic E-state index is -0.646. The normalized spacial score (nSPS) is 12.6. The Bertz CT molecular complexity index is 967. The Morgan fingerprint density at radius 1 is 0.966 bits per heavy atom. The summed E-state index contributed by atoms with van der Waals surface area (Å²) in [4.78, 5) is 12.5. The van der Waals surface area contributed by atoms with E-state index >= 15 is 0 Å². The Hall–Kier alpha value is -3.14. The fraction of sp³-hybridized carbons (Fsp3) is 0.280. The van der Waals surface area contributed by atoms with Crippen molar-refractivity contribution >= 4 is 22.4 Å². The number of ether oxygens (including phenoxy) is 1. The molecule has 0 aliphatic carbocycles. The molecule has 3 rings (SSSR count). The molecule has 0 saturated carbocycles. The number of hydrogen-bond acceptors (Lipinski definition) is 3. The van der Waals surface area contributed by atoms with E-state index in [1.165, 1.54) is 0 Å². The molecule has 1 N–H and O–H groups in total. The maximum absolute atomic E-state index is 12.5. The molecule has 150 valence electrons. The summed E-state index contributed by atoms with van der Waals surface area (Å²) in [5, 5.41) is 6.64. The summed E-state index contributed by atoms with van der Waals surface area (Å²) in [6.07, 6.45) is 3.51. The number of nitrogens with one attached hydrogen (secondary N) is 1. The molecule has 0 aliphatic rings. The number of nitrogens with zero attached hydrogens (tertiary/aromatic N) is 1. The number of rotatable bonds is 9. The zero-order chi connectivity index (χ0) is 20.5. The predicted molar refractivity (Wildman–Crippen MR) is 119 cm³/mol. The van der Waals surface area contributed by atoms with Crippen LogP contribution in [-0.4, -0.2) is 17.7 Å². The van der Waals surface area contributed by atoms with Crippen molar-refractivity contribution in [3.63, 3.8) is 0 Å². The van der Waals surface area contributed by atoms with Gasteiger partial charge in [0.2, 0.25) is 0 Å². The van der Waals surface area contributed by atoms with Gasteiger partial charge in [0.1, 0.15) is 5.75 Å². The molecule has 1 atom stereocenters. The zero-order valence-corrected chi connectivity index (χ0v) is 17.1.